The van der Waals surface area contributed by atoms with Crippen LogP contribution in [0.1, 0.15) is 72.6 Å². The van der Waals surface area contributed by atoms with Gasteiger partial charge in [0.05, 0.1) is 43.5 Å². The third-order valence-electron chi connectivity index (χ3n) is 6.83. The molecular formula is C22H41NO5. The lowest BCUT2D eigenvalue weighted by Gasteiger charge is -2.32. The van der Waals surface area contributed by atoms with Gasteiger partial charge in [-0.25, -0.2) is 0 Å². The van der Waals surface area contributed by atoms with Crippen molar-refractivity contribution >= 4 is 5.97 Å². The molecule has 2 fully saturated rings. The second kappa shape index (κ2) is 10.9. The van der Waals surface area contributed by atoms with Crippen molar-refractivity contribution in [1.29, 1.82) is 0 Å². The van der Waals surface area contributed by atoms with Crippen molar-refractivity contribution in [2.75, 3.05) is 7.11 Å². The van der Waals surface area contributed by atoms with Gasteiger partial charge < -0.3 is 25.1 Å². The number of methoxy groups -OCH3 is 1. The first-order valence-electron chi connectivity index (χ1n) is 11.1. The molecule has 0 aromatic carbocycles. The molecule has 0 unspecified atom stereocenters. The van der Waals surface area contributed by atoms with Crippen molar-refractivity contribution in [3.8, 4) is 0 Å². The molecule has 6 nitrogen and oxygen atoms in total. The van der Waals surface area contributed by atoms with E-state index in [0.717, 1.165) is 44.9 Å². The molecule has 0 aromatic heterocycles. The smallest absolute Gasteiger partial charge is 0.311 e. The lowest BCUT2D eigenvalue weighted by atomic mass is 9.84. The molecule has 0 aromatic rings. The molecule has 28 heavy (non-hydrogen) atoms. The summed E-state index contributed by atoms with van der Waals surface area (Å²) in [6.07, 6.45) is 6.33. The minimum absolute atomic E-state index is 0.00477. The van der Waals surface area contributed by atoms with E-state index in [1.807, 2.05) is 13.8 Å². The van der Waals surface area contributed by atoms with E-state index in [2.05, 4.69) is 13.8 Å². The number of esters is 1. The normalized spacial score (nSPS) is 33.2. The number of carbonyl (C=O) groups is 1. The van der Waals surface area contributed by atoms with Crippen molar-refractivity contribution in [2.24, 2.45) is 23.5 Å². The Morgan fingerprint density at radius 1 is 1.07 bits per heavy atom. The highest BCUT2D eigenvalue weighted by atomic mass is 16.5. The largest absolute Gasteiger partial charge is 0.469 e. The highest BCUT2D eigenvalue weighted by Gasteiger charge is 2.41. The lowest BCUT2D eigenvalue weighted by molar-refractivity contribution is -0.151. The molecule has 2 aliphatic rings. The van der Waals surface area contributed by atoms with E-state index in [4.69, 9.17) is 19.9 Å². The van der Waals surface area contributed by atoms with Crippen LogP contribution in [-0.4, -0.2) is 54.7 Å². The molecular weight excluding hydrogens is 358 g/mol. The van der Waals surface area contributed by atoms with E-state index in [9.17, 15) is 9.90 Å². The molecule has 0 spiro atoms. The molecule has 2 heterocycles. The third-order valence-corrected chi connectivity index (χ3v) is 6.83. The molecule has 0 amide bonds. The monoisotopic (exact) mass is 399 g/mol. The van der Waals surface area contributed by atoms with E-state index in [0.29, 0.717) is 0 Å². The van der Waals surface area contributed by atoms with Crippen LogP contribution in [0.3, 0.4) is 0 Å². The maximum atomic E-state index is 11.8. The van der Waals surface area contributed by atoms with E-state index < -0.39 is 6.10 Å². The van der Waals surface area contributed by atoms with Gasteiger partial charge in [-0.1, -0.05) is 27.2 Å². The van der Waals surface area contributed by atoms with E-state index in [1.54, 1.807) is 0 Å². The quantitative estimate of drug-likeness (QED) is 0.549. The summed E-state index contributed by atoms with van der Waals surface area (Å²) in [7, 11) is 1.41. The van der Waals surface area contributed by atoms with E-state index in [-0.39, 0.29) is 54.2 Å². The number of aliphatic hydroxyl groups excluding tert-OH is 1. The summed E-state index contributed by atoms with van der Waals surface area (Å²) >= 11 is 0. The molecule has 6 heteroatoms. The predicted molar refractivity (Wildman–Crippen MR) is 109 cm³/mol. The van der Waals surface area contributed by atoms with Gasteiger partial charge in [0.2, 0.25) is 0 Å². The van der Waals surface area contributed by atoms with Gasteiger partial charge in [0, 0.05) is 17.9 Å². The second-order valence-electron chi connectivity index (χ2n) is 8.97. The predicted octanol–water partition coefficient (Wildman–Crippen LogP) is 3.04. The Balaban J connectivity index is 1.83. The van der Waals surface area contributed by atoms with Crippen molar-refractivity contribution in [1.82, 2.24) is 0 Å². The fraction of sp³-hybridized carbons (Fsp3) is 0.955. The average molecular weight is 400 g/mol. The van der Waals surface area contributed by atoms with Crippen LogP contribution in [-0.2, 0) is 19.0 Å². The SMILES string of the molecule is CCC[C@@H](N)C[C@@H]1CC[C@H]([C@@H](C)[C@H](O)[C@H](C)[C@@H]2CC[C@H]([C@@H](C)C(=O)OC)O2)O1. The highest BCUT2D eigenvalue weighted by Crippen LogP contribution is 2.36. The Kier molecular flexibility index (Phi) is 9.19. The number of rotatable bonds is 10. The summed E-state index contributed by atoms with van der Waals surface area (Å²) in [4.78, 5) is 11.8. The average Bonchev–Trinajstić information content (AvgIpc) is 3.35. The maximum absolute atomic E-state index is 11.8. The minimum Gasteiger partial charge on any atom is -0.469 e. The minimum atomic E-state index is -0.495. The first kappa shape index (κ1) is 23.6. The fourth-order valence-electron chi connectivity index (χ4n) is 4.82. The van der Waals surface area contributed by atoms with Crippen molar-refractivity contribution in [3.05, 3.63) is 0 Å². The van der Waals surface area contributed by atoms with Gasteiger partial charge in [-0.05, 0) is 45.4 Å². The van der Waals surface area contributed by atoms with Gasteiger partial charge in [-0.3, -0.25) is 4.79 Å². The van der Waals surface area contributed by atoms with E-state index in [1.165, 1.54) is 7.11 Å². The molecule has 9 atom stereocenters. The standard InChI is InChI=1S/C22H41NO5/c1-6-7-16(23)12-17-8-9-18(27-17)13(2)21(24)14(3)19-10-11-20(28-19)15(4)22(25)26-5/h13-21,24H,6-12,23H2,1-5H3/t13-,14-,15-,16-,17+,18-,19+,20-,21+/m1/s1. The van der Waals surface area contributed by atoms with Crippen LogP contribution >= 0.6 is 0 Å². The number of aliphatic hydroxyl groups is 1. The topological polar surface area (TPSA) is 91.0 Å². The van der Waals surface area contributed by atoms with Gasteiger partial charge in [0.25, 0.3) is 0 Å². The summed E-state index contributed by atoms with van der Waals surface area (Å²) in [5, 5.41) is 11.0. The van der Waals surface area contributed by atoms with Crippen molar-refractivity contribution in [2.45, 2.75) is 109 Å². The molecule has 2 aliphatic heterocycles. The maximum Gasteiger partial charge on any atom is 0.311 e. The summed E-state index contributed by atoms with van der Waals surface area (Å²) in [6.45, 7) is 8.11. The Morgan fingerprint density at radius 3 is 2.25 bits per heavy atom. The Morgan fingerprint density at radius 2 is 1.64 bits per heavy atom. The van der Waals surface area contributed by atoms with Gasteiger partial charge >= 0.3 is 5.97 Å². The van der Waals surface area contributed by atoms with Crippen LogP contribution in [0.15, 0.2) is 0 Å². The first-order valence-corrected chi connectivity index (χ1v) is 11.1. The summed E-state index contributed by atoms with van der Waals surface area (Å²) in [5.74, 6) is -0.472. The summed E-state index contributed by atoms with van der Waals surface area (Å²) in [5.41, 5.74) is 6.17. The molecule has 2 rings (SSSR count). The van der Waals surface area contributed by atoms with Gasteiger partial charge in [0.1, 0.15) is 0 Å². The van der Waals surface area contributed by atoms with Gasteiger partial charge in [-0.2, -0.15) is 0 Å². The van der Waals surface area contributed by atoms with Crippen LogP contribution in [0.4, 0.5) is 0 Å². The van der Waals surface area contributed by atoms with Crippen LogP contribution in [0, 0.1) is 17.8 Å². The molecule has 2 saturated heterocycles. The molecule has 0 bridgehead atoms. The number of hydrogen-bond donors (Lipinski definition) is 2. The zero-order valence-electron chi connectivity index (χ0n) is 18.3. The van der Waals surface area contributed by atoms with Gasteiger partial charge in [-0.15, -0.1) is 0 Å². The number of nitrogens with two attached hydrogens (primary N) is 1. The van der Waals surface area contributed by atoms with Crippen LogP contribution in [0.2, 0.25) is 0 Å². The van der Waals surface area contributed by atoms with Crippen LogP contribution in [0.5, 0.6) is 0 Å². The second-order valence-corrected chi connectivity index (χ2v) is 8.97. The Bertz CT molecular complexity index is 488. The Labute approximate surface area is 170 Å². The molecule has 164 valence electrons. The fourth-order valence-corrected chi connectivity index (χ4v) is 4.82. The van der Waals surface area contributed by atoms with Crippen LogP contribution in [0.25, 0.3) is 0 Å². The molecule has 0 radical (unpaired) electrons. The molecule has 0 saturated carbocycles. The van der Waals surface area contributed by atoms with Crippen molar-refractivity contribution in [3.63, 3.8) is 0 Å². The number of ether oxygens (including phenoxy) is 3. The highest BCUT2D eigenvalue weighted by molar-refractivity contribution is 5.72. The van der Waals surface area contributed by atoms with Gasteiger partial charge in [0.15, 0.2) is 0 Å². The third kappa shape index (κ3) is 5.91. The summed E-state index contributed by atoms with van der Waals surface area (Å²) in [6, 6.07) is 0.202. The molecule has 3 N–H and O–H groups in total. The first-order chi connectivity index (χ1) is 13.3. The lowest BCUT2D eigenvalue weighted by Crippen LogP contribution is -2.40. The van der Waals surface area contributed by atoms with E-state index >= 15 is 0 Å². The van der Waals surface area contributed by atoms with Crippen molar-refractivity contribution < 1.29 is 24.1 Å². The zero-order valence-corrected chi connectivity index (χ0v) is 18.3. The Hall–Kier alpha value is -0.690. The molecule has 0 aliphatic carbocycles. The number of hydrogen-bond acceptors (Lipinski definition) is 6. The summed E-state index contributed by atoms with van der Waals surface area (Å²) < 4.78 is 17.2. The number of carbonyl (C=O) groups excluding carboxylic acids is 1. The zero-order chi connectivity index (χ0) is 20.8. The van der Waals surface area contributed by atoms with Crippen LogP contribution < -0.4 is 5.73 Å².